The minimum absolute atomic E-state index is 0. The first-order valence-electron chi connectivity index (χ1n) is 8.73. The predicted octanol–water partition coefficient (Wildman–Crippen LogP) is -2.55. The van der Waals surface area contributed by atoms with Crippen LogP contribution in [0.15, 0.2) is 48.5 Å². The number of benzene rings is 2. The Kier molecular flexibility index (Phi) is 12.8. The molecular formula is C24H27Cl3Ti. The maximum absolute atomic E-state index is 2.36. The van der Waals surface area contributed by atoms with Crippen molar-refractivity contribution in [2.75, 3.05) is 0 Å². The van der Waals surface area contributed by atoms with Crippen LogP contribution in [0.4, 0.5) is 0 Å². The third kappa shape index (κ3) is 6.72. The zero-order valence-corrected chi connectivity index (χ0v) is 21.2. The SMILES string of the molecule is Cc1cc(C)cc(C(c2cc(C)cc(C)c2)[c-]2cc(C)cc2C)c1.[Cl-].[Cl-].[Cl-].[Ti+4]. The van der Waals surface area contributed by atoms with Gasteiger partial charge in [-0.05, 0) is 44.7 Å². The van der Waals surface area contributed by atoms with E-state index in [4.69, 9.17) is 0 Å². The molecule has 0 atom stereocenters. The largest absolute Gasteiger partial charge is 4.00 e. The molecule has 0 spiro atoms. The first-order valence-corrected chi connectivity index (χ1v) is 8.73. The summed E-state index contributed by atoms with van der Waals surface area (Å²) in [5.74, 6) is 0.302. The van der Waals surface area contributed by atoms with E-state index in [0.717, 1.165) is 0 Å². The van der Waals surface area contributed by atoms with Gasteiger partial charge in [0.2, 0.25) is 0 Å². The van der Waals surface area contributed by atoms with E-state index in [1.165, 1.54) is 50.1 Å². The van der Waals surface area contributed by atoms with Gasteiger partial charge in [-0.25, -0.2) is 11.6 Å². The van der Waals surface area contributed by atoms with Crippen molar-refractivity contribution in [1.29, 1.82) is 0 Å². The van der Waals surface area contributed by atoms with E-state index in [0.29, 0.717) is 5.92 Å². The molecule has 3 aromatic rings. The summed E-state index contributed by atoms with van der Waals surface area (Å²) in [5.41, 5.74) is 12.3. The van der Waals surface area contributed by atoms with Crippen molar-refractivity contribution in [3.63, 3.8) is 0 Å². The fraction of sp³-hybridized carbons (Fsp3) is 0.292. The molecule has 0 aliphatic rings. The molecular weight excluding hydrogens is 442 g/mol. The van der Waals surface area contributed by atoms with Gasteiger partial charge in [0.05, 0.1) is 0 Å². The van der Waals surface area contributed by atoms with Crippen LogP contribution in [-0.2, 0) is 21.7 Å². The van der Waals surface area contributed by atoms with Crippen molar-refractivity contribution >= 4 is 0 Å². The molecule has 0 aliphatic carbocycles. The van der Waals surface area contributed by atoms with Gasteiger partial charge in [0.1, 0.15) is 0 Å². The zero-order chi connectivity index (χ0) is 17.4. The summed E-state index contributed by atoms with van der Waals surface area (Å²) in [7, 11) is 0. The molecule has 0 nitrogen and oxygen atoms in total. The molecule has 0 fully saturated rings. The smallest absolute Gasteiger partial charge is 1.00 e. The van der Waals surface area contributed by atoms with Crippen LogP contribution in [-0.4, -0.2) is 0 Å². The molecule has 0 amide bonds. The fourth-order valence-electron chi connectivity index (χ4n) is 4.04. The summed E-state index contributed by atoms with van der Waals surface area (Å²) in [6.07, 6.45) is 0. The second-order valence-corrected chi connectivity index (χ2v) is 7.45. The van der Waals surface area contributed by atoms with Gasteiger partial charge in [-0.3, -0.25) is 0 Å². The van der Waals surface area contributed by atoms with E-state index < -0.39 is 0 Å². The van der Waals surface area contributed by atoms with E-state index >= 15 is 0 Å². The van der Waals surface area contributed by atoms with Gasteiger partial charge in [-0.15, -0.1) is 5.56 Å². The second kappa shape index (κ2) is 12.2. The second-order valence-electron chi connectivity index (χ2n) is 7.45. The number of halogens is 3. The molecule has 0 aliphatic heterocycles. The topological polar surface area (TPSA) is 0 Å². The molecule has 28 heavy (non-hydrogen) atoms. The summed E-state index contributed by atoms with van der Waals surface area (Å²) in [6, 6.07) is 18.5. The molecule has 148 valence electrons. The Balaban J connectivity index is 0. The Morgan fingerprint density at radius 3 is 1.18 bits per heavy atom. The van der Waals surface area contributed by atoms with E-state index in [2.05, 4.69) is 90.1 Å². The molecule has 0 radical (unpaired) electrons. The summed E-state index contributed by atoms with van der Waals surface area (Å²) in [5, 5.41) is 0. The van der Waals surface area contributed by atoms with Crippen LogP contribution in [0.1, 0.15) is 56.0 Å². The van der Waals surface area contributed by atoms with Crippen molar-refractivity contribution in [2.24, 2.45) is 0 Å². The standard InChI is InChI=1S/C24H27.3ClH.Ti/c1-15-7-16(2)11-21(10-15)24(23-14-19(5)9-20(23)6)22-12-17(3)8-18(4)13-22;;;;/h7-14,24H,1-6H3;3*1H;/q-1;;;;+4/p-3. The van der Waals surface area contributed by atoms with Crippen LogP contribution in [0.3, 0.4) is 0 Å². The van der Waals surface area contributed by atoms with Crippen LogP contribution in [0.5, 0.6) is 0 Å². The molecule has 0 unspecified atom stereocenters. The van der Waals surface area contributed by atoms with Crippen LogP contribution >= 0.6 is 0 Å². The zero-order valence-electron chi connectivity index (χ0n) is 17.3. The van der Waals surface area contributed by atoms with Crippen LogP contribution in [0, 0.1) is 41.5 Å². The van der Waals surface area contributed by atoms with Crippen molar-refractivity contribution in [2.45, 2.75) is 47.5 Å². The average Bonchev–Trinajstić information content (AvgIpc) is 2.75. The van der Waals surface area contributed by atoms with Gasteiger partial charge >= 0.3 is 21.7 Å². The van der Waals surface area contributed by atoms with E-state index in [9.17, 15) is 0 Å². The molecule has 0 saturated carbocycles. The maximum atomic E-state index is 2.36. The molecule has 4 heteroatoms. The van der Waals surface area contributed by atoms with Gasteiger partial charge in [-0.2, -0.15) is 11.6 Å². The van der Waals surface area contributed by atoms with Crippen LogP contribution in [0.2, 0.25) is 0 Å². The molecule has 0 heterocycles. The number of hydrogen-bond acceptors (Lipinski definition) is 0. The summed E-state index contributed by atoms with van der Waals surface area (Å²) in [6.45, 7) is 13.2. The Morgan fingerprint density at radius 1 is 0.536 bits per heavy atom. The Labute approximate surface area is 204 Å². The molecule has 3 aromatic carbocycles. The molecule has 0 saturated heterocycles. The van der Waals surface area contributed by atoms with E-state index in [1.807, 2.05) is 0 Å². The summed E-state index contributed by atoms with van der Waals surface area (Å²) in [4.78, 5) is 0. The third-order valence-electron chi connectivity index (χ3n) is 4.75. The summed E-state index contributed by atoms with van der Waals surface area (Å²) < 4.78 is 0. The minimum Gasteiger partial charge on any atom is -1.00 e. The average molecular weight is 470 g/mol. The summed E-state index contributed by atoms with van der Waals surface area (Å²) >= 11 is 0. The third-order valence-corrected chi connectivity index (χ3v) is 4.75. The Bertz CT molecular complexity index is 805. The monoisotopic (exact) mass is 468 g/mol. The number of rotatable bonds is 3. The van der Waals surface area contributed by atoms with Crippen molar-refractivity contribution in [3.8, 4) is 0 Å². The van der Waals surface area contributed by atoms with Crippen LogP contribution < -0.4 is 37.2 Å². The fourth-order valence-corrected chi connectivity index (χ4v) is 4.04. The van der Waals surface area contributed by atoms with Gasteiger partial charge < -0.3 is 37.2 Å². The molecule has 3 rings (SSSR count). The predicted molar refractivity (Wildman–Crippen MR) is 104 cm³/mol. The molecule has 0 bridgehead atoms. The van der Waals surface area contributed by atoms with E-state index in [-0.39, 0.29) is 58.9 Å². The Morgan fingerprint density at radius 2 is 0.893 bits per heavy atom. The first kappa shape index (κ1) is 29.6. The maximum Gasteiger partial charge on any atom is 4.00 e. The van der Waals surface area contributed by atoms with Gasteiger partial charge in [0.25, 0.3) is 0 Å². The van der Waals surface area contributed by atoms with Gasteiger partial charge in [0.15, 0.2) is 0 Å². The molecule has 0 N–H and O–H groups in total. The van der Waals surface area contributed by atoms with Crippen molar-refractivity contribution < 1.29 is 58.9 Å². The minimum atomic E-state index is 0. The number of aryl methyl sites for hydroxylation is 6. The molecule has 0 aromatic heterocycles. The van der Waals surface area contributed by atoms with Crippen LogP contribution in [0.25, 0.3) is 0 Å². The quantitative estimate of drug-likeness (QED) is 0.293. The normalized spacial score (nSPS) is 9.68. The number of hydrogen-bond donors (Lipinski definition) is 0. The van der Waals surface area contributed by atoms with E-state index in [1.54, 1.807) is 0 Å². The van der Waals surface area contributed by atoms with Crippen molar-refractivity contribution in [1.82, 2.24) is 0 Å². The van der Waals surface area contributed by atoms with Gasteiger partial charge in [-0.1, -0.05) is 72.5 Å². The van der Waals surface area contributed by atoms with Gasteiger partial charge in [0, 0.05) is 0 Å². The van der Waals surface area contributed by atoms with Crippen molar-refractivity contribution in [3.05, 3.63) is 98.6 Å². The first-order chi connectivity index (χ1) is 11.3. The Hall–Kier alpha value is -0.626.